The molecule has 31 heavy (non-hydrogen) atoms. The van der Waals surface area contributed by atoms with Crippen LogP contribution < -0.4 is 5.43 Å². The molecule has 1 amide bonds. The monoisotopic (exact) mass is 467 g/mol. The van der Waals surface area contributed by atoms with E-state index in [0.717, 1.165) is 5.56 Å². The lowest BCUT2D eigenvalue weighted by Crippen LogP contribution is -2.20. The van der Waals surface area contributed by atoms with E-state index in [4.69, 9.17) is 34.8 Å². The summed E-state index contributed by atoms with van der Waals surface area (Å²) in [5, 5.41) is 6.52. The zero-order valence-corrected chi connectivity index (χ0v) is 18.6. The predicted molar refractivity (Wildman–Crippen MR) is 128 cm³/mol. The van der Waals surface area contributed by atoms with E-state index in [9.17, 15) is 4.79 Å². The van der Waals surface area contributed by atoms with Gasteiger partial charge in [0.15, 0.2) is 0 Å². The van der Waals surface area contributed by atoms with Crippen LogP contribution in [0, 0.1) is 0 Å². The molecule has 0 saturated carbocycles. The Balaban J connectivity index is 1.74. The summed E-state index contributed by atoms with van der Waals surface area (Å²) in [6, 6.07) is 21.6. The van der Waals surface area contributed by atoms with Crippen molar-refractivity contribution in [2.45, 2.75) is 6.92 Å². The Labute approximate surface area is 194 Å². The molecule has 0 spiro atoms. The van der Waals surface area contributed by atoms with Crippen LogP contribution in [-0.4, -0.2) is 16.6 Å². The molecule has 0 radical (unpaired) electrons. The highest BCUT2D eigenvalue weighted by atomic mass is 35.5. The van der Waals surface area contributed by atoms with E-state index in [-0.39, 0.29) is 5.91 Å². The smallest absolute Gasteiger partial charge is 0.267 e. The molecule has 4 aromatic rings. The summed E-state index contributed by atoms with van der Waals surface area (Å²) in [5.41, 5.74) is 6.27. The quantitative estimate of drug-likeness (QED) is 0.258. The molecule has 0 fully saturated rings. The van der Waals surface area contributed by atoms with E-state index in [0.29, 0.717) is 48.5 Å². The van der Waals surface area contributed by atoms with Gasteiger partial charge in [-0.3, -0.25) is 4.79 Å². The van der Waals surface area contributed by atoms with Gasteiger partial charge in [-0.05, 0) is 43.3 Å². The number of carbonyl (C=O) groups excluding carboxylic acids is 1. The first-order valence-corrected chi connectivity index (χ1v) is 10.5. The van der Waals surface area contributed by atoms with Gasteiger partial charge in [0, 0.05) is 31.6 Å². The summed E-state index contributed by atoms with van der Waals surface area (Å²) in [6.07, 6.45) is 0. The maximum absolute atomic E-state index is 13.1. The number of hydrogen-bond acceptors (Lipinski definition) is 3. The standard InChI is InChI=1S/C24H16Cl3N3O/c1-14(18-12-15(25)10-11-21(18)27)29-30-24(31)19-13-23(17-7-2-4-8-20(17)26)28-22-9-5-3-6-16(19)22/h2-13H,1H3,(H,30,31)/b29-14+. The summed E-state index contributed by atoms with van der Waals surface area (Å²) in [5.74, 6) is -0.371. The van der Waals surface area contributed by atoms with Crippen molar-refractivity contribution in [2.75, 3.05) is 0 Å². The first kappa shape index (κ1) is 21.3. The number of rotatable bonds is 4. The lowest BCUT2D eigenvalue weighted by atomic mass is 10.0. The van der Waals surface area contributed by atoms with Crippen LogP contribution >= 0.6 is 34.8 Å². The number of para-hydroxylation sites is 1. The molecule has 0 saturated heterocycles. The number of nitrogens with zero attached hydrogens (tertiary/aromatic N) is 2. The van der Waals surface area contributed by atoms with Gasteiger partial charge < -0.3 is 0 Å². The van der Waals surface area contributed by atoms with Crippen molar-refractivity contribution >= 4 is 57.3 Å². The third kappa shape index (κ3) is 4.57. The van der Waals surface area contributed by atoms with Crippen molar-refractivity contribution in [1.29, 1.82) is 0 Å². The van der Waals surface area contributed by atoms with Crippen LogP contribution in [0.4, 0.5) is 0 Å². The molecule has 0 unspecified atom stereocenters. The Morgan fingerprint density at radius 2 is 1.61 bits per heavy atom. The number of hydrogen-bond donors (Lipinski definition) is 1. The van der Waals surface area contributed by atoms with Crippen molar-refractivity contribution in [1.82, 2.24) is 10.4 Å². The first-order chi connectivity index (χ1) is 14.9. The van der Waals surface area contributed by atoms with Crippen LogP contribution in [0.2, 0.25) is 15.1 Å². The van der Waals surface area contributed by atoms with Crippen LogP contribution in [-0.2, 0) is 0 Å². The van der Waals surface area contributed by atoms with Crippen molar-refractivity contribution in [3.63, 3.8) is 0 Å². The van der Waals surface area contributed by atoms with Crippen molar-refractivity contribution in [3.8, 4) is 11.3 Å². The number of benzene rings is 3. The van der Waals surface area contributed by atoms with Gasteiger partial charge in [-0.15, -0.1) is 0 Å². The molecular formula is C24H16Cl3N3O. The SMILES string of the molecule is C/C(=N\NC(=O)c1cc(-c2ccccc2Cl)nc2ccccc12)c1cc(Cl)ccc1Cl. The molecule has 7 heteroatoms. The van der Waals surface area contributed by atoms with Gasteiger partial charge in [0.1, 0.15) is 0 Å². The largest absolute Gasteiger partial charge is 0.272 e. The highest BCUT2D eigenvalue weighted by Crippen LogP contribution is 2.29. The van der Waals surface area contributed by atoms with Gasteiger partial charge in [0.05, 0.1) is 22.5 Å². The Morgan fingerprint density at radius 3 is 2.42 bits per heavy atom. The minimum atomic E-state index is -0.371. The number of amides is 1. The molecule has 1 aromatic heterocycles. The first-order valence-electron chi connectivity index (χ1n) is 9.39. The third-order valence-electron chi connectivity index (χ3n) is 4.75. The van der Waals surface area contributed by atoms with Gasteiger partial charge in [-0.2, -0.15) is 5.10 Å². The molecule has 154 valence electrons. The molecule has 1 N–H and O–H groups in total. The van der Waals surface area contributed by atoms with E-state index >= 15 is 0 Å². The van der Waals surface area contributed by atoms with E-state index in [1.165, 1.54) is 0 Å². The van der Waals surface area contributed by atoms with Crippen molar-refractivity contribution in [2.24, 2.45) is 5.10 Å². The summed E-state index contributed by atoms with van der Waals surface area (Å²) in [7, 11) is 0. The molecular weight excluding hydrogens is 453 g/mol. The molecule has 3 aromatic carbocycles. The minimum absolute atomic E-state index is 0.371. The second kappa shape index (κ2) is 9.06. The number of aromatic nitrogens is 1. The predicted octanol–water partition coefficient (Wildman–Crippen LogP) is 7.02. The van der Waals surface area contributed by atoms with Crippen LogP contribution in [0.5, 0.6) is 0 Å². The second-order valence-electron chi connectivity index (χ2n) is 6.81. The maximum atomic E-state index is 13.1. The normalized spacial score (nSPS) is 11.5. The molecule has 0 aliphatic heterocycles. The number of pyridine rings is 1. The molecule has 4 rings (SSSR count). The molecule has 0 aliphatic carbocycles. The van der Waals surface area contributed by atoms with Crippen LogP contribution in [0.3, 0.4) is 0 Å². The van der Waals surface area contributed by atoms with Crippen LogP contribution in [0.15, 0.2) is 77.9 Å². The summed E-state index contributed by atoms with van der Waals surface area (Å²) < 4.78 is 0. The molecule has 1 heterocycles. The topological polar surface area (TPSA) is 54.4 Å². The fraction of sp³-hybridized carbons (Fsp3) is 0.0417. The van der Waals surface area contributed by atoms with Crippen LogP contribution in [0.1, 0.15) is 22.8 Å². The number of carbonyl (C=O) groups is 1. The highest BCUT2D eigenvalue weighted by Gasteiger charge is 2.15. The number of hydrazone groups is 1. The van der Waals surface area contributed by atoms with Gasteiger partial charge in [-0.25, -0.2) is 10.4 Å². The van der Waals surface area contributed by atoms with Gasteiger partial charge in [0.25, 0.3) is 5.91 Å². The molecule has 0 atom stereocenters. The Bertz CT molecular complexity index is 1330. The zero-order valence-electron chi connectivity index (χ0n) is 16.4. The molecule has 4 nitrogen and oxygen atoms in total. The van der Waals surface area contributed by atoms with Gasteiger partial charge >= 0.3 is 0 Å². The van der Waals surface area contributed by atoms with Gasteiger partial charge in [-0.1, -0.05) is 71.2 Å². The van der Waals surface area contributed by atoms with E-state index in [1.54, 1.807) is 37.3 Å². The molecule has 0 bridgehead atoms. The number of nitrogens with one attached hydrogen (secondary N) is 1. The summed E-state index contributed by atoms with van der Waals surface area (Å²) in [6.45, 7) is 1.75. The average molecular weight is 469 g/mol. The lowest BCUT2D eigenvalue weighted by Gasteiger charge is -2.10. The van der Waals surface area contributed by atoms with E-state index in [2.05, 4.69) is 15.5 Å². The van der Waals surface area contributed by atoms with Crippen molar-refractivity contribution in [3.05, 3.63) is 99.0 Å². The van der Waals surface area contributed by atoms with E-state index in [1.807, 2.05) is 42.5 Å². The number of halogens is 3. The Morgan fingerprint density at radius 1 is 0.871 bits per heavy atom. The highest BCUT2D eigenvalue weighted by molar-refractivity contribution is 6.36. The summed E-state index contributed by atoms with van der Waals surface area (Å²) in [4.78, 5) is 17.8. The minimum Gasteiger partial charge on any atom is -0.267 e. The Kier molecular flexibility index (Phi) is 6.23. The fourth-order valence-electron chi connectivity index (χ4n) is 3.20. The third-order valence-corrected chi connectivity index (χ3v) is 5.65. The molecule has 0 aliphatic rings. The lowest BCUT2D eigenvalue weighted by molar-refractivity contribution is 0.0956. The number of fused-ring (bicyclic) bond motifs is 1. The zero-order chi connectivity index (χ0) is 22.0. The second-order valence-corrected chi connectivity index (χ2v) is 8.07. The van der Waals surface area contributed by atoms with Crippen molar-refractivity contribution < 1.29 is 4.79 Å². The Hall–Kier alpha value is -2.92. The van der Waals surface area contributed by atoms with Gasteiger partial charge in [0.2, 0.25) is 0 Å². The van der Waals surface area contributed by atoms with E-state index < -0.39 is 0 Å². The average Bonchev–Trinajstić information content (AvgIpc) is 2.78. The fourth-order valence-corrected chi connectivity index (χ4v) is 3.86. The maximum Gasteiger partial charge on any atom is 0.272 e. The summed E-state index contributed by atoms with van der Waals surface area (Å²) >= 11 is 18.6. The van der Waals surface area contributed by atoms with Crippen LogP contribution in [0.25, 0.3) is 22.2 Å².